The van der Waals surface area contributed by atoms with Crippen molar-refractivity contribution in [1.29, 1.82) is 0 Å². The van der Waals surface area contributed by atoms with Crippen molar-refractivity contribution in [3.8, 4) is 5.75 Å². The molecule has 9 heteroatoms. The quantitative estimate of drug-likeness (QED) is 0.653. The van der Waals surface area contributed by atoms with Crippen LogP contribution in [0.1, 0.15) is 23.6 Å². The molecule has 1 saturated heterocycles. The molecular formula is C23H29N3O5S. The summed E-state index contributed by atoms with van der Waals surface area (Å²) in [6.07, 6.45) is 1.13. The van der Waals surface area contributed by atoms with Gasteiger partial charge in [-0.15, -0.1) is 0 Å². The van der Waals surface area contributed by atoms with E-state index < -0.39 is 16.1 Å². The zero-order valence-corrected chi connectivity index (χ0v) is 19.1. The zero-order valence-electron chi connectivity index (χ0n) is 18.3. The lowest BCUT2D eigenvalue weighted by atomic mass is 10.0. The van der Waals surface area contributed by atoms with E-state index in [-0.39, 0.29) is 18.1 Å². The third-order valence-electron chi connectivity index (χ3n) is 6.01. The van der Waals surface area contributed by atoms with Gasteiger partial charge in [0.1, 0.15) is 5.75 Å². The standard InChI is InChI=1S/C23H29N3O5S/c1-25(20(16-7-4-3-5-8-16)15-26-12-11-18(27)14-26)23(28)21-13-17-9-6-10-19(22(17)31-21)24-32(2,29)30/h3-10,18,20-21,24,27H,11-15H2,1-2H3/t18-,20?,21?/m0/s1. The normalized spacial score (nSPS) is 21.6. The number of rotatable bonds is 7. The minimum atomic E-state index is -3.47. The predicted octanol–water partition coefficient (Wildman–Crippen LogP) is 1.63. The average Bonchev–Trinajstić information content (AvgIpc) is 3.37. The first-order chi connectivity index (χ1) is 15.2. The van der Waals surface area contributed by atoms with Gasteiger partial charge in [-0.1, -0.05) is 42.5 Å². The lowest BCUT2D eigenvalue weighted by Gasteiger charge is -2.33. The first-order valence-electron chi connectivity index (χ1n) is 10.7. The second-order valence-corrected chi connectivity index (χ2v) is 10.3. The van der Waals surface area contributed by atoms with E-state index in [2.05, 4.69) is 9.62 Å². The number of β-amino-alcohol motifs (C(OH)–C–C–N with tert-alkyl or cyclic N) is 1. The van der Waals surface area contributed by atoms with E-state index in [0.29, 0.717) is 30.9 Å². The Kier molecular flexibility index (Phi) is 6.41. The van der Waals surface area contributed by atoms with Gasteiger partial charge in [-0.2, -0.15) is 0 Å². The molecule has 0 radical (unpaired) electrons. The number of likely N-dealkylation sites (N-methyl/N-ethyl adjacent to an activating group) is 1. The summed E-state index contributed by atoms with van der Waals surface area (Å²) >= 11 is 0. The molecule has 2 aromatic rings. The number of carbonyl (C=O) groups is 1. The average molecular weight is 460 g/mol. The molecule has 0 saturated carbocycles. The van der Waals surface area contributed by atoms with E-state index in [1.165, 1.54) is 0 Å². The molecule has 3 atom stereocenters. The van der Waals surface area contributed by atoms with Crippen molar-refractivity contribution in [3.63, 3.8) is 0 Å². The van der Waals surface area contributed by atoms with E-state index >= 15 is 0 Å². The van der Waals surface area contributed by atoms with Gasteiger partial charge in [0.15, 0.2) is 6.10 Å². The number of aliphatic hydroxyl groups is 1. The summed E-state index contributed by atoms with van der Waals surface area (Å²) in [5, 5.41) is 9.92. The summed E-state index contributed by atoms with van der Waals surface area (Å²) in [5.74, 6) is 0.240. The molecule has 2 aliphatic heterocycles. The Labute approximate surface area is 188 Å². The summed E-state index contributed by atoms with van der Waals surface area (Å²) in [5.41, 5.74) is 2.15. The molecule has 1 fully saturated rings. The monoisotopic (exact) mass is 459 g/mol. The fourth-order valence-corrected chi connectivity index (χ4v) is 4.98. The molecule has 2 aliphatic rings. The minimum Gasteiger partial charge on any atom is -0.478 e. The smallest absolute Gasteiger partial charge is 0.264 e. The fourth-order valence-electron chi connectivity index (χ4n) is 4.42. The summed E-state index contributed by atoms with van der Waals surface area (Å²) in [4.78, 5) is 17.3. The van der Waals surface area contributed by atoms with Gasteiger partial charge in [-0.25, -0.2) is 8.42 Å². The SMILES string of the molecule is CN(C(=O)C1Cc2cccc(NS(C)(=O)=O)c2O1)C(CN1CC[C@H](O)C1)c1ccccc1. The van der Waals surface area contributed by atoms with Gasteiger partial charge in [0.25, 0.3) is 5.91 Å². The van der Waals surface area contributed by atoms with Gasteiger partial charge >= 0.3 is 0 Å². The molecule has 2 aromatic carbocycles. The highest BCUT2D eigenvalue weighted by molar-refractivity contribution is 7.92. The third kappa shape index (κ3) is 5.06. The number of nitrogens with zero attached hydrogens (tertiary/aromatic N) is 2. The van der Waals surface area contributed by atoms with E-state index in [9.17, 15) is 18.3 Å². The van der Waals surface area contributed by atoms with E-state index in [1.54, 1.807) is 24.1 Å². The molecule has 1 amide bonds. The number of nitrogens with one attached hydrogen (secondary N) is 1. The summed E-state index contributed by atoms with van der Waals surface area (Å²) in [6.45, 7) is 2.00. The first-order valence-corrected chi connectivity index (χ1v) is 12.6. The van der Waals surface area contributed by atoms with Crippen molar-refractivity contribution < 1.29 is 23.1 Å². The number of para-hydroxylation sites is 1. The maximum atomic E-state index is 13.5. The van der Waals surface area contributed by atoms with Crippen LogP contribution in [0.4, 0.5) is 5.69 Å². The second-order valence-electron chi connectivity index (χ2n) is 8.56. The van der Waals surface area contributed by atoms with Crippen molar-refractivity contribution in [2.75, 3.05) is 37.7 Å². The highest BCUT2D eigenvalue weighted by Gasteiger charge is 2.36. The first kappa shape index (κ1) is 22.6. The topological polar surface area (TPSA) is 99.2 Å². The number of fused-ring (bicyclic) bond motifs is 1. The molecule has 4 rings (SSSR count). The van der Waals surface area contributed by atoms with Gasteiger partial charge in [0, 0.05) is 38.7 Å². The highest BCUT2D eigenvalue weighted by atomic mass is 32.2. The van der Waals surface area contributed by atoms with Gasteiger partial charge in [-0.05, 0) is 18.1 Å². The Morgan fingerprint density at radius 2 is 2.00 bits per heavy atom. The summed E-state index contributed by atoms with van der Waals surface area (Å²) in [7, 11) is -1.70. The number of hydrogen-bond acceptors (Lipinski definition) is 6. The van der Waals surface area contributed by atoms with Crippen LogP contribution >= 0.6 is 0 Å². The van der Waals surface area contributed by atoms with E-state index in [1.807, 2.05) is 36.4 Å². The van der Waals surface area contributed by atoms with Crippen LogP contribution in [0.25, 0.3) is 0 Å². The molecule has 8 nitrogen and oxygen atoms in total. The molecule has 2 N–H and O–H groups in total. The Hall–Kier alpha value is -2.62. The molecule has 32 heavy (non-hydrogen) atoms. The maximum absolute atomic E-state index is 13.5. The zero-order chi connectivity index (χ0) is 22.9. The molecule has 2 heterocycles. The Morgan fingerprint density at radius 3 is 2.66 bits per heavy atom. The van der Waals surface area contributed by atoms with Crippen LogP contribution in [0.15, 0.2) is 48.5 Å². The van der Waals surface area contributed by atoms with Crippen molar-refractivity contribution in [2.45, 2.75) is 31.1 Å². The molecule has 0 aromatic heterocycles. The number of amides is 1. The number of likely N-dealkylation sites (tertiary alicyclic amines) is 1. The summed E-state index contributed by atoms with van der Waals surface area (Å²) < 4.78 is 31.8. The summed E-state index contributed by atoms with van der Waals surface area (Å²) in [6, 6.07) is 14.9. The number of sulfonamides is 1. The lowest BCUT2D eigenvalue weighted by Crippen LogP contribution is -2.44. The molecular weight excluding hydrogens is 430 g/mol. The molecule has 0 spiro atoms. The van der Waals surface area contributed by atoms with Crippen molar-refractivity contribution >= 4 is 21.6 Å². The number of hydrogen-bond donors (Lipinski definition) is 2. The number of anilines is 1. The van der Waals surface area contributed by atoms with Crippen LogP contribution in [-0.2, 0) is 21.2 Å². The van der Waals surface area contributed by atoms with Crippen molar-refractivity contribution in [3.05, 3.63) is 59.7 Å². The Balaban J connectivity index is 1.53. The molecule has 2 unspecified atom stereocenters. The van der Waals surface area contributed by atoms with Crippen LogP contribution in [0.5, 0.6) is 5.75 Å². The van der Waals surface area contributed by atoms with Crippen LogP contribution in [0.3, 0.4) is 0 Å². The number of carbonyl (C=O) groups excluding carboxylic acids is 1. The predicted molar refractivity (Wildman–Crippen MR) is 122 cm³/mol. The van der Waals surface area contributed by atoms with E-state index in [0.717, 1.165) is 30.3 Å². The third-order valence-corrected chi connectivity index (χ3v) is 6.60. The number of ether oxygens (including phenoxy) is 1. The van der Waals surface area contributed by atoms with Gasteiger partial charge in [0.05, 0.1) is 24.1 Å². The fraction of sp³-hybridized carbons (Fsp3) is 0.435. The number of aliphatic hydroxyl groups excluding tert-OH is 1. The minimum absolute atomic E-state index is 0.167. The van der Waals surface area contributed by atoms with Crippen molar-refractivity contribution in [2.24, 2.45) is 0 Å². The lowest BCUT2D eigenvalue weighted by molar-refractivity contribution is -0.139. The van der Waals surface area contributed by atoms with Crippen LogP contribution in [0, 0.1) is 0 Å². The van der Waals surface area contributed by atoms with Gasteiger partial charge in [0.2, 0.25) is 10.0 Å². The van der Waals surface area contributed by atoms with E-state index in [4.69, 9.17) is 4.74 Å². The second kappa shape index (κ2) is 9.09. The Bertz CT molecular complexity index is 1080. The molecule has 172 valence electrons. The van der Waals surface area contributed by atoms with Crippen LogP contribution < -0.4 is 9.46 Å². The van der Waals surface area contributed by atoms with Crippen molar-refractivity contribution in [1.82, 2.24) is 9.80 Å². The van der Waals surface area contributed by atoms with Crippen LogP contribution in [-0.4, -0.2) is 74.4 Å². The number of benzene rings is 2. The largest absolute Gasteiger partial charge is 0.478 e. The molecule has 0 aliphatic carbocycles. The highest BCUT2D eigenvalue weighted by Crippen LogP contribution is 2.37. The maximum Gasteiger partial charge on any atom is 0.264 e. The van der Waals surface area contributed by atoms with Gasteiger partial charge < -0.3 is 14.7 Å². The van der Waals surface area contributed by atoms with Gasteiger partial charge in [-0.3, -0.25) is 14.4 Å². The Morgan fingerprint density at radius 1 is 1.25 bits per heavy atom. The van der Waals surface area contributed by atoms with Crippen LogP contribution in [0.2, 0.25) is 0 Å². The molecule has 0 bridgehead atoms.